The number of anilines is 1. The molecule has 1 saturated carbocycles. The van der Waals surface area contributed by atoms with Crippen LogP contribution in [0.3, 0.4) is 0 Å². The number of hydrogen-bond acceptors (Lipinski definition) is 6. The van der Waals surface area contributed by atoms with Gasteiger partial charge in [0.05, 0.1) is 0 Å². The van der Waals surface area contributed by atoms with E-state index >= 15 is 0 Å². The maximum Gasteiger partial charge on any atom is 0.418 e. The summed E-state index contributed by atoms with van der Waals surface area (Å²) in [6.45, 7) is 5.61. The zero-order valence-corrected chi connectivity index (χ0v) is 17.8. The van der Waals surface area contributed by atoms with E-state index in [2.05, 4.69) is 9.97 Å². The Labute approximate surface area is 168 Å². The molecule has 0 N–H and O–H groups in total. The fourth-order valence-corrected chi connectivity index (χ4v) is 4.04. The Morgan fingerprint density at radius 3 is 2.57 bits per heavy atom. The van der Waals surface area contributed by atoms with Gasteiger partial charge >= 0.3 is 17.3 Å². The molecule has 3 rings (SSSR count). The highest BCUT2D eigenvalue weighted by Gasteiger charge is 2.39. The molecular weight excluding hydrogens is 380 g/mol. The standard InChI is InChI=1S/C19H28N4O4S/c1-19(2,3)27-18(25)22-11-7-8-13-12-20-16(28(4)26)21-15(13)23(17(22)24)14-9-5-6-10-14/h12,14H,5-11H2,1-4H3. The van der Waals surface area contributed by atoms with Crippen molar-refractivity contribution >= 4 is 29.1 Å². The molecule has 1 unspecified atom stereocenters. The summed E-state index contributed by atoms with van der Waals surface area (Å²) in [7, 11) is 0. The van der Waals surface area contributed by atoms with Crippen LogP contribution in [-0.4, -0.2) is 56.0 Å². The third kappa shape index (κ3) is 4.57. The number of ether oxygens (including phenoxy) is 1. The van der Waals surface area contributed by atoms with Crippen LogP contribution in [0, 0.1) is 0 Å². The van der Waals surface area contributed by atoms with E-state index in [-0.39, 0.29) is 17.7 Å². The Balaban J connectivity index is 2.01. The van der Waals surface area contributed by atoms with E-state index in [9.17, 15) is 14.1 Å². The number of amides is 3. The lowest BCUT2D eigenvalue weighted by atomic mass is 10.1. The average Bonchev–Trinajstić information content (AvgIpc) is 3.10. The molecule has 154 valence electrons. The normalized spacial score (nSPS) is 19.8. The van der Waals surface area contributed by atoms with Gasteiger partial charge in [0.2, 0.25) is 0 Å². The van der Waals surface area contributed by atoms with Gasteiger partial charge in [0.25, 0.3) is 0 Å². The number of carbonyl (C=O) groups excluding carboxylic acids is 2. The van der Waals surface area contributed by atoms with Crippen molar-refractivity contribution in [1.29, 1.82) is 0 Å². The van der Waals surface area contributed by atoms with Crippen molar-refractivity contribution in [3.05, 3.63) is 11.8 Å². The van der Waals surface area contributed by atoms with E-state index in [4.69, 9.17) is 4.74 Å². The number of imide groups is 1. The molecule has 1 aliphatic carbocycles. The van der Waals surface area contributed by atoms with Gasteiger partial charge in [0, 0.05) is 35.5 Å². The van der Waals surface area contributed by atoms with Gasteiger partial charge in [-0.15, -0.1) is 0 Å². The van der Waals surface area contributed by atoms with Crippen LogP contribution >= 0.6 is 0 Å². The molecule has 1 aromatic heterocycles. The van der Waals surface area contributed by atoms with Crippen molar-refractivity contribution < 1.29 is 18.9 Å². The first-order chi connectivity index (χ1) is 13.2. The van der Waals surface area contributed by atoms with Crippen molar-refractivity contribution in [2.45, 2.75) is 76.1 Å². The van der Waals surface area contributed by atoms with Crippen LogP contribution in [-0.2, 0) is 22.3 Å². The molecule has 9 heteroatoms. The molecule has 2 aliphatic rings. The quantitative estimate of drug-likeness (QED) is 0.550. The highest BCUT2D eigenvalue weighted by Crippen LogP contribution is 2.33. The lowest BCUT2D eigenvalue weighted by molar-refractivity contribution is 0.0322. The Bertz CT molecular complexity index is 744. The Kier molecular flexibility index (Phi) is 6.14. The molecule has 0 bridgehead atoms. The van der Waals surface area contributed by atoms with E-state index in [1.807, 2.05) is 0 Å². The van der Waals surface area contributed by atoms with Crippen LogP contribution < -0.4 is 4.90 Å². The summed E-state index contributed by atoms with van der Waals surface area (Å²) < 4.78 is 17.4. The van der Waals surface area contributed by atoms with E-state index in [0.717, 1.165) is 31.2 Å². The fourth-order valence-electron chi connectivity index (χ4n) is 3.63. The van der Waals surface area contributed by atoms with Gasteiger partial charge in [-0.2, -0.15) is 9.97 Å². The van der Waals surface area contributed by atoms with Crippen LogP contribution in [0.25, 0.3) is 0 Å². The van der Waals surface area contributed by atoms with Gasteiger partial charge in [-0.1, -0.05) is 12.8 Å². The monoisotopic (exact) mass is 408 g/mol. The maximum atomic E-state index is 13.5. The number of aryl methyl sites for hydroxylation is 1. The van der Waals surface area contributed by atoms with E-state index in [1.54, 1.807) is 31.9 Å². The van der Waals surface area contributed by atoms with Gasteiger partial charge in [0.15, 0.2) is 0 Å². The van der Waals surface area contributed by atoms with Gasteiger partial charge in [-0.05, 0) is 46.5 Å². The van der Waals surface area contributed by atoms with Crippen LogP contribution in [0.4, 0.5) is 15.4 Å². The van der Waals surface area contributed by atoms with Gasteiger partial charge < -0.3 is 9.29 Å². The van der Waals surface area contributed by atoms with E-state index in [1.165, 1.54) is 11.2 Å². The number of fused-ring (bicyclic) bond motifs is 1. The third-order valence-electron chi connectivity index (χ3n) is 4.87. The molecule has 1 fully saturated rings. The SMILES string of the molecule is C[S+]([O-])c1ncc2c(n1)N(C1CCCC1)C(=O)N(C(=O)OC(C)(C)C)CCC2. The molecule has 0 saturated heterocycles. The molecule has 28 heavy (non-hydrogen) atoms. The molecule has 0 radical (unpaired) electrons. The second-order valence-corrected chi connectivity index (χ2v) is 9.56. The minimum atomic E-state index is -1.36. The summed E-state index contributed by atoms with van der Waals surface area (Å²) >= 11 is -1.36. The minimum absolute atomic E-state index is 0.0395. The maximum absolute atomic E-state index is 13.5. The minimum Gasteiger partial charge on any atom is -0.609 e. The Morgan fingerprint density at radius 2 is 1.96 bits per heavy atom. The van der Waals surface area contributed by atoms with Crippen molar-refractivity contribution in [1.82, 2.24) is 14.9 Å². The Morgan fingerprint density at radius 1 is 1.29 bits per heavy atom. The van der Waals surface area contributed by atoms with Crippen LogP contribution in [0.2, 0.25) is 0 Å². The topological polar surface area (TPSA) is 98.7 Å². The number of aromatic nitrogens is 2. The van der Waals surface area contributed by atoms with Gasteiger partial charge in [0.1, 0.15) is 17.7 Å². The van der Waals surface area contributed by atoms with Gasteiger partial charge in [-0.25, -0.2) is 14.5 Å². The van der Waals surface area contributed by atoms with Crippen molar-refractivity contribution in [2.75, 3.05) is 17.7 Å². The number of carbonyl (C=O) groups is 2. The van der Waals surface area contributed by atoms with Crippen molar-refractivity contribution in [3.63, 3.8) is 0 Å². The molecule has 1 atom stereocenters. The molecule has 2 heterocycles. The summed E-state index contributed by atoms with van der Waals surface area (Å²) in [5, 5.41) is 0.193. The lowest BCUT2D eigenvalue weighted by Crippen LogP contribution is -2.53. The van der Waals surface area contributed by atoms with E-state index in [0.29, 0.717) is 18.7 Å². The van der Waals surface area contributed by atoms with Crippen molar-refractivity contribution in [3.8, 4) is 0 Å². The first kappa shape index (κ1) is 20.9. The van der Waals surface area contributed by atoms with E-state index < -0.39 is 28.9 Å². The average molecular weight is 409 g/mol. The number of hydrogen-bond donors (Lipinski definition) is 0. The summed E-state index contributed by atoms with van der Waals surface area (Å²) in [5.41, 5.74) is 0.155. The predicted octanol–water partition coefficient (Wildman–Crippen LogP) is 3.27. The summed E-state index contributed by atoms with van der Waals surface area (Å²) in [5.74, 6) is 0.477. The highest BCUT2D eigenvalue weighted by molar-refractivity contribution is 7.90. The molecule has 3 amide bonds. The summed E-state index contributed by atoms with van der Waals surface area (Å²) in [6.07, 6.45) is 7.50. The molecule has 0 spiro atoms. The largest absolute Gasteiger partial charge is 0.609 e. The first-order valence-electron chi connectivity index (χ1n) is 9.70. The van der Waals surface area contributed by atoms with Crippen LogP contribution in [0.15, 0.2) is 11.4 Å². The number of rotatable bonds is 2. The molecule has 8 nitrogen and oxygen atoms in total. The molecule has 1 aromatic rings. The lowest BCUT2D eigenvalue weighted by Gasteiger charge is -2.36. The zero-order chi connectivity index (χ0) is 20.5. The summed E-state index contributed by atoms with van der Waals surface area (Å²) in [4.78, 5) is 37.6. The van der Waals surface area contributed by atoms with Gasteiger partial charge in [-0.3, -0.25) is 4.90 Å². The summed E-state index contributed by atoms with van der Waals surface area (Å²) in [6, 6.07) is -0.462. The molecule has 0 aromatic carbocycles. The molecular formula is C19H28N4O4S. The zero-order valence-electron chi connectivity index (χ0n) is 16.9. The van der Waals surface area contributed by atoms with Crippen molar-refractivity contribution in [2.24, 2.45) is 0 Å². The van der Waals surface area contributed by atoms with Crippen LogP contribution in [0.1, 0.15) is 58.4 Å². The third-order valence-corrected chi connectivity index (χ3v) is 5.58. The number of nitrogens with zero attached hydrogens (tertiary/aromatic N) is 4. The first-order valence-corrected chi connectivity index (χ1v) is 11.3. The van der Waals surface area contributed by atoms with Crippen LogP contribution in [0.5, 0.6) is 0 Å². The molecule has 1 aliphatic heterocycles. The predicted molar refractivity (Wildman–Crippen MR) is 106 cm³/mol. The smallest absolute Gasteiger partial charge is 0.418 e. The second-order valence-electron chi connectivity index (χ2n) is 8.28. The fraction of sp³-hybridized carbons (Fsp3) is 0.684. The Hall–Kier alpha value is -1.87. The number of urea groups is 1. The second kappa shape index (κ2) is 8.24. The highest BCUT2D eigenvalue weighted by atomic mass is 32.2.